The normalized spacial score (nSPS) is 10.9. The largest absolute Gasteiger partial charge is 0.464 e. The lowest BCUT2D eigenvalue weighted by molar-refractivity contribution is 0.0594. The first-order chi connectivity index (χ1) is 16.3. The number of rotatable bonds is 4. The van der Waals surface area contributed by atoms with Crippen molar-refractivity contribution in [3.63, 3.8) is 0 Å². The van der Waals surface area contributed by atoms with E-state index in [4.69, 9.17) is 11.6 Å². The Bertz CT molecular complexity index is 1590. The summed E-state index contributed by atoms with van der Waals surface area (Å²) >= 11 is 6.23. The fourth-order valence-electron chi connectivity index (χ4n) is 3.31. The summed E-state index contributed by atoms with van der Waals surface area (Å²) in [4.78, 5) is 20.0. The maximum atomic E-state index is 13.4. The van der Waals surface area contributed by atoms with Crippen LogP contribution in [0.4, 0.5) is 5.69 Å². The van der Waals surface area contributed by atoms with E-state index in [1.54, 1.807) is 49.5 Å². The lowest BCUT2D eigenvalue weighted by Gasteiger charge is -2.13. The molecule has 1 N–H and O–H groups in total. The lowest BCUT2D eigenvalue weighted by Crippen LogP contribution is -2.16. The van der Waals surface area contributed by atoms with Crippen molar-refractivity contribution in [2.75, 3.05) is 11.8 Å². The van der Waals surface area contributed by atoms with Gasteiger partial charge in [0.25, 0.3) is 10.0 Å². The van der Waals surface area contributed by atoms with Crippen molar-refractivity contribution in [2.45, 2.75) is 11.8 Å². The number of para-hydroxylation sites is 1. The second kappa shape index (κ2) is 9.51. The maximum Gasteiger partial charge on any atom is 0.356 e. The minimum atomic E-state index is -3.97. The van der Waals surface area contributed by atoms with Gasteiger partial charge in [-0.25, -0.2) is 18.2 Å². The van der Waals surface area contributed by atoms with Crippen molar-refractivity contribution in [1.82, 2.24) is 9.97 Å². The summed E-state index contributed by atoms with van der Waals surface area (Å²) in [5.74, 6) is 5.19. The van der Waals surface area contributed by atoms with Gasteiger partial charge in [0.2, 0.25) is 0 Å². The second-order valence-electron chi connectivity index (χ2n) is 7.23. The maximum absolute atomic E-state index is 13.4. The number of halogens is 1. The molecule has 170 valence electrons. The zero-order valence-corrected chi connectivity index (χ0v) is 19.7. The van der Waals surface area contributed by atoms with E-state index in [0.29, 0.717) is 27.9 Å². The molecule has 0 spiro atoms. The van der Waals surface area contributed by atoms with Crippen LogP contribution < -0.4 is 4.72 Å². The Morgan fingerprint density at radius 3 is 2.56 bits per heavy atom. The fourth-order valence-corrected chi connectivity index (χ4v) is 4.99. The molecule has 0 bridgehead atoms. The third kappa shape index (κ3) is 4.71. The number of carbonyl (C=O) groups is 1. The van der Waals surface area contributed by atoms with Gasteiger partial charge in [-0.15, -0.1) is 0 Å². The second-order valence-corrected chi connectivity index (χ2v) is 9.26. The molecule has 34 heavy (non-hydrogen) atoms. The predicted molar refractivity (Wildman–Crippen MR) is 130 cm³/mol. The van der Waals surface area contributed by atoms with Crippen LogP contribution in [0.15, 0.2) is 71.9 Å². The van der Waals surface area contributed by atoms with Gasteiger partial charge >= 0.3 is 5.97 Å². The first-order valence-electron chi connectivity index (χ1n) is 10.0. The van der Waals surface area contributed by atoms with E-state index in [9.17, 15) is 13.2 Å². The highest BCUT2D eigenvalue weighted by molar-refractivity contribution is 7.93. The van der Waals surface area contributed by atoms with Gasteiger partial charge < -0.3 is 4.74 Å². The molecule has 0 amide bonds. The van der Waals surface area contributed by atoms with Crippen LogP contribution in [0.25, 0.3) is 10.9 Å². The third-order valence-corrected chi connectivity index (χ3v) is 6.80. The summed E-state index contributed by atoms with van der Waals surface area (Å²) < 4.78 is 34.0. The van der Waals surface area contributed by atoms with Gasteiger partial charge in [0.15, 0.2) is 0 Å². The number of aromatic nitrogens is 2. The summed E-state index contributed by atoms with van der Waals surface area (Å²) in [5.41, 5.74) is 2.14. The number of anilines is 1. The number of sulfonamides is 1. The molecule has 0 atom stereocenters. The van der Waals surface area contributed by atoms with Gasteiger partial charge in [0, 0.05) is 23.3 Å². The summed E-state index contributed by atoms with van der Waals surface area (Å²) in [6, 6.07) is 15.3. The highest BCUT2D eigenvalue weighted by Crippen LogP contribution is 2.28. The fraction of sp³-hybridized carbons (Fsp3) is 0.0800. The molecule has 0 unspecified atom stereocenters. The number of nitrogens with one attached hydrogen (secondary N) is 1. The van der Waals surface area contributed by atoms with Crippen LogP contribution in [0.1, 0.15) is 27.2 Å². The molecule has 0 fully saturated rings. The summed E-state index contributed by atoms with van der Waals surface area (Å²) in [5, 5.41) is 0.942. The zero-order valence-electron chi connectivity index (χ0n) is 18.2. The van der Waals surface area contributed by atoms with Gasteiger partial charge in [-0.05, 0) is 36.8 Å². The SMILES string of the molecule is COC(=O)c1cc(Cl)c(C#Cc2ccccc2NS(=O)(=O)c2c(C)ccc3cccnc23)cn1. The number of carbonyl (C=O) groups excluding carboxylic acids is 1. The average molecular weight is 492 g/mol. The number of methoxy groups -OCH3 is 1. The van der Waals surface area contributed by atoms with Crippen LogP contribution in [0.5, 0.6) is 0 Å². The highest BCUT2D eigenvalue weighted by Gasteiger charge is 2.22. The topological polar surface area (TPSA) is 98.2 Å². The quantitative estimate of drug-likeness (QED) is 0.331. The van der Waals surface area contributed by atoms with E-state index in [0.717, 1.165) is 5.39 Å². The van der Waals surface area contributed by atoms with Crippen LogP contribution in [0.3, 0.4) is 0 Å². The molecule has 0 saturated carbocycles. The van der Waals surface area contributed by atoms with Crippen molar-refractivity contribution in [3.8, 4) is 11.8 Å². The average Bonchev–Trinajstić information content (AvgIpc) is 2.83. The van der Waals surface area contributed by atoms with Gasteiger partial charge in [0.05, 0.1) is 28.9 Å². The molecule has 7 nitrogen and oxygen atoms in total. The van der Waals surface area contributed by atoms with E-state index in [-0.39, 0.29) is 15.6 Å². The Hall–Kier alpha value is -3.93. The minimum Gasteiger partial charge on any atom is -0.464 e. The number of pyridine rings is 2. The summed E-state index contributed by atoms with van der Waals surface area (Å²) in [7, 11) is -2.72. The van der Waals surface area contributed by atoms with Crippen LogP contribution in [0.2, 0.25) is 5.02 Å². The molecular weight excluding hydrogens is 474 g/mol. The van der Waals surface area contributed by atoms with Crippen molar-refractivity contribution in [2.24, 2.45) is 0 Å². The Morgan fingerprint density at radius 2 is 1.79 bits per heavy atom. The number of hydrogen-bond acceptors (Lipinski definition) is 6. The molecule has 0 aliphatic carbocycles. The molecule has 4 aromatic rings. The number of nitrogens with zero attached hydrogens (tertiary/aromatic N) is 2. The third-order valence-electron chi connectivity index (χ3n) is 4.95. The number of esters is 1. The van der Waals surface area contributed by atoms with Crippen molar-refractivity contribution >= 4 is 44.2 Å². The van der Waals surface area contributed by atoms with Crippen LogP contribution >= 0.6 is 11.6 Å². The van der Waals surface area contributed by atoms with E-state index < -0.39 is 16.0 Å². The molecule has 9 heteroatoms. The van der Waals surface area contributed by atoms with Gasteiger partial charge in [-0.3, -0.25) is 9.71 Å². The molecule has 0 aliphatic heterocycles. The molecule has 0 saturated heterocycles. The van der Waals surface area contributed by atoms with Crippen LogP contribution in [-0.4, -0.2) is 31.5 Å². The summed E-state index contributed by atoms with van der Waals surface area (Å²) in [6.07, 6.45) is 2.92. The van der Waals surface area contributed by atoms with E-state index in [2.05, 4.69) is 31.3 Å². The molecule has 4 rings (SSSR count). The standard InChI is InChI=1S/C25H18ClN3O4S/c1-16-9-10-18-7-5-13-27-23(18)24(16)34(31,32)29-21-8-4-3-6-17(21)11-12-19-15-28-22(14-20(19)26)25(30)33-2/h3-10,13-15,29H,1-2H3. The Morgan fingerprint density at radius 1 is 1.03 bits per heavy atom. The smallest absolute Gasteiger partial charge is 0.356 e. The van der Waals surface area contributed by atoms with Crippen LogP contribution in [-0.2, 0) is 14.8 Å². The Kier molecular flexibility index (Phi) is 6.50. The summed E-state index contributed by atoms with van der Waals surface area (Å²) in [6.45, 7) is 1.72. The lowest BCUT2D eigenvalue weighted by atomic mass is 10.1. The Balaban J connectivity index is 1.71. The van der Waals surface area contributed by atoms with Gasteiger partial charge in [0.1, 0.15) is 10.6 Å². The van der Waals surface area contributed by atoms with E-state index >= 15 is 0 Å². The predicted octanol–water partition coefficient (Wildman–Crippen LogP) is 4.58. The first kappa shape index (κ1) is 23.2. The Labute approximate surface area is 201 Å². The van der Waals surface area contributed by atoms with Gasteiger partial charge in [-0.1, -0.05) is 53.8 Å². The molecule has 2 heterocycles. The molecule has 0 aliphatic rings. The van der Waals surface area contributed by atoms with Crippen molar-refractivity contribution in [3.05, 3.63) is 94.4 Å². The molecule has 2 aromatic heterocycles. The molecule has 0 radical (unpaired) electrons. The number of ether oxygens (including phenoxy) is 1. The number of fused-ring (bicyclic) bond motifs is 1. The van der Waals surface area contributed by atoms with Crippen molar-refractivity contribution < 1.29 is 17.9 Å². The zero-order chi connectivity index (χ0) is 24.3. The highest BCUT2D eigenvalue weighted by atomic mass is 35.5. The first-order valence-corrected chi connectivity index (χ1v) is 11.9. The molecular formula is C25H18ClN3O4S. The van der Waals surface area contributed by atoms with Crippen molar-refractivity contribution in [1.29, 1.82) is 0 Å². The van der Waals surface area contributed by atoms with E-state index in [1.165, 1.54) is 19.4 Å². The van der Waals surface area contributed by atoms with E-state index in [1.807, 2.05) is 12.1 Å². The van der Waals surface area contributed by atoms with Gasteiger partial charge in [-0.2, -0.15) is 0 Å². The minimum absolute atomic E-state index is 0.0604. The molecule has 2 aromatic carbocycles. The van der Waals surface area contributed by atoms with Crippen LogP contribution in [0, 0.1) is 18.8 Å². The number of aryl methyl sites for hydroxylation is 1. The number of benzene rings is 2. The number of hydrogen-bond donors (Lipinski definition) is 1. The monoisotopic (exact) mass is 491 g/mol.